The monoisotopic (exact) mass is 315 g/mol. The number of nitrogens with one attached hydrogen (secondary N) is 1. The van der Waals surface area contributed by atoms with Gasteiger partial charge in [0.2, 0.25) is 0 Å². The van der Waals surface area contributed by atoms with E-state index in [9.17, 15) is 19.7 Å². The van der Waals surface area contributed by atoms with E-state index in [-0.39, 0.29) is 17.5 Å². The Morgan fingerprint density at radius 3 is 2.74 bits per heavy atom. The molecular formula is C16H17N3O4. The number of hydrogen-bond donors (Lipinski definition) is 1. The zero-order valence-corrected chi connectivity index (χ0v) is 12.7. The maximum Gasteiger partial charge on any atom is 0.322 e. The zero-order valence-electron chi connectivity index (χ0n) is 12.7. The molecule has 0 bridgehead atoms. The molecule has 0 radical (unpaired) electrons. The number of ketones is 1. The van der Waals surface area contributed by atoms with Crippen molar-refractivity contribution in [3.63, 3.8) is 0 Å². The van der Waals surface area contributed by atoms with Crippen LogP contribution in [-0.4, -0.2) is 28.2 Å². The number of para-hydroxylation sites is 1. The van der Waals surface area contributed by atoms with Gasteiger partial charge in [-0.15, -0.1) is 0 Å². The Hall–Kier alpha value is -2.70. The Morgan fingerprint density at radius 1 is 1.30 bits per heavy atom. The molecule has 2 amide bonds. The second-order valence-corrected chi connectivity index (χ2v) is 5.58. The van der Waals surface area contributed by atoms with Gasteiger partial charge >= 0.3 is 6.03 Å². The van der Waals surface area contributed by atoms with Crippen molar-refractivity contribution in [2.75, 3.05) is 6.54 Å². The Balaban J connectivity index is 2.18. The fourth-order valence-corrected chi connectivity index (χ4v) is 3.32. The molecule has 1 aliphatic heterocycles. The van der Waals surface area contributed by atoms with E-state index in [1.807, 2.05) is 6.92 Å². The number of nitrogens with zero attached hydrogens (tertiary/aromatic N) is 2. The molecule has 23 heavy (non-hydrogen) atoms. The predicted octanol–water partition coefficient (Wildman–Crippen LogP) is 2.69. The molecule has 3 rings (SSSR count). The molecule has 7 heteroatoms. The summed E-state index contributed by atoms with van der Waals surface area (Å²) in [6, 6.07) is 5.16. The maximum atomic E-state index is 12.5. The summed E-state index contributed by atoms with van der Waals surface area (Å²) in [5.41, 5.74) is 1.46. The van der Waals surface area contributed by atoms with Gasteiger partial charge in [0.25, 0.3) is 5.69 Å². The van der Waals surface area contributed by atoms with Crippen molar-refractivity contribution in [1.82, 2.24) is 10.2 Å². The molecule has 0 aromatic heterocycles. The van der Waals surface area contributed by atoms with Gasteiger partial charge < -0.3 is 5.32 Å². The molecule has 1 unspecified atom stereocenters. The van der Waals surface area contributed by atoms with Crippen LogP contribution in [0.4, 0.5) is 10.5 Å². The van der Waals surface area contributed by atoms with Crippen LogP contribution >= 0.6 is 0 Å². The second kappa shape index (κ2) is 5.83. The van der Waals surface area contributed by atoms with Gasteiger partial charge in [0.05, 0.1) is 16.5 Å². The molecular weight excluding hydrogens is 298 g/mol. The minimum Gasteiger partial charge on any atom is -0.326 e. The Bertz CT molecular complexity index is 726. The maximum absolute atomic E-state index is 12.5. The van der Waals surface area contributed by atoms with Crippen LogP contribution in [0.3, 0.4) is 0 Å². The van der Waals surface area contributed by atoms with Crippen molar-refractivity contribution < 1.29 is 14.5 Å². The average molecular weight is 315 g/mol. The third kappa shape index (κ3) is 2.48. The first-order valence-corrected chi connectivity index (χ1v) is 7.62. The molecule has 1 heterocycles. The molecule has 1 aromatic carbocycles. The lowest BCUT2D eigenvalue weighted by Gasteiger charge is -2.38. The van der Waals surface area contributed by atoms with Crippen molar-refractivity contribution in [3.05, 3.63) is 51.2 Å². The summed E-state index contributed by atoms with van der Waals surface area (Å²) < 4.78 is 0. The van der Waals surface area contributed by atoms with E-state index >= 15 is 0 Å². The minimum absolute atomic E-state index is 0.0483. The zero-order chi connectivity index (χ0) is 16.6. The number of rotatable bonds is 3. The molecule has 1 atom stereocenters. The number of amides is 2. The number of urea groups is 1. The lowest BCUT2D eigenvalue weighted by molar-refractivity contribution is -0.385. The standard InChI is InChI=1S/C16H17N3O4/c1-2-18-12-8-5-9-13(20)14(12)15(17-16(18)21)10-6-3-4-7-11(10)19(22)23/h3-4,6-7,15H,2,5,8-9H2,1H3,(H,17,21). The summed E-state index contributed by atoms with van der Waals surface area (Å²) in [7, 11) is 0. The van der Waals surface area contributed by atoms with Crippen molar-refractivity contribution in [2.45, 2.75) is 32.2 Å². The van der Waals surface area contributed by atoms with Gasteiger partial charge in [-0.05, 0) is 25.8 Å². The highest BCUT2D eigenvalue weighted by atomic mass is 16.6. The average Bonchev–Trinajstić information content (AvgIpc) is 2.54. The number of benzene rings is 1. The van der Waals surface area contributed by atoms with Gasteiger partial charge in [-0.3, -0.25) is 19.8 Å². The highest BCUT2D eigenvalue weighted by Crippen LogP contribution is 2.39. The number of allylic oxidation sites excluding steroid dienone is 1. The van der Waals surface area contributed by atoms with Crippen molar-refractivity contribution in [1.29, 1.82) is 0 Å². The first kappa shape index (κ1) is 15.2. The summed E-state index contributed by atoms with van der Waals surface area (Å²) >= 11 is 0. The predicted molar refractivity (Wildman–Crippen MR) is 82.6 cm³/mol. The first-order chi connectivity index (χ1) is 11.0. The largest absolute Gasteiger partial charge is 0.326 e. The van der Waals surface area contributed by atoms with Gasteiger partial charge in [-0.25, -0.2) is 4.79 Å². The third-order valence-corrected chi connectivity index (χ3v) is 4.32. The van der Waals surface area contributed by atoms with E-state index in [4.69, 9.17) is 0 Å². The number of hydrogen-bond acceptors (Lipinski definition) is 4. The van der Waals surface area contributed by atoms with Crippen LogP contribution in [0.1, 0.15) is 37.8 Å². The molecule has 0 fully saturated rings. The van der Waals surface area contributed by atoms with Crippen molar-refractivity contribution in [2.24, 2.45) is 0 Å². The van der Waals surface area contributed by atoms with Crippen LogP contribution in [0.25, 0.3) is 0 Å². The summed E-state index contributed by atoms with van der Waals surface area (Å²) in [6.07, 6.45) is 1.74. The topological polar surface area (TPSA) is 92.6 Å². The smallest absolute Gasteiger partial charge is 0.322 e. The minimum atomic E-state index is -0.755. The van der Waals surface area contributed by atoms with Gasteiger partial charge in [0, 0.05) is 30.3 Å². The van der Waals surface area contributed by atoms with E-state index in [1.54, 1.807) is 23.1 Å². The molecule has 0 saturated carbocycles. The summed E-state index contributed by atoms with van der Waals surface area (Å²) in [4.78, 5) is 37.2. The van der Waals surface area contributed by atoms with Crippen LogP contribution in [0.2, 0.25) is 0 Å². The first-order valence-electron chi connectivity index (χ1n) is 7.62. The molecule has 120 valence electrons. The SMILES string of the molecule is CCN1C(=O)NC(c2ccccc2[N+](=O)[O-])C2=C1CCCC2=O. The summed E-state index contributed by atoms with van der Waals surface area (Å²) in [5.74, 6) is -0.0483. The molecule has 0 saturated heterocycles. The lowest BCUT2D eigenvalue weighted by atomic mass is 9.84. The Labute approximate surface area is 133 Å². The number of nitro benzene ring substituents is 1. The molecule has 0 spiro atoms. The van der Waals surface area contributed by atoms with E-state index < -0.39 is 11.0 Å². The fourth-order valence-electron chi connectivity index (χ4n) is 3.32. The number of nitro groups is 1. The molecule has 1 aliphatic carbocycles. The fraction of sp³-hybridized carbons (Fsp3) is 0.375. The second-order valence-electron chi connectivity index (χ2n) is 5.58. The van der Waals surface area contributed by atoms with Gasteiger partial charge in [-0.2, -0.15) is 0 Å². The van der Waals surface area contributed by atoms with E-state index in [2.05, 4.69) is 5.32 Å². The molecule has 1 N–H and O–H groups in total. The highest BCUT2D eigenvalue weighted by molar-refractivity contribution is 6.01. The summed E-state index contributed by atoms with van der Waals surface area (Å²) in [6.45, 7) is 2.30. The van der Waals surface area contributed by atoms with E-state index in [1.165, 1.54) is 6.07 Å². The van der Waals surface area contributed by atoms with Gasteiger partial charge in [0.15, 0.2) is 5.78 Å². The third-order valence-electron chi connectivity index (χ3n) is 4.32. The van der Waals surface area contributed by atoms with Crippen molar-refractivity contribution in [3.8, 4) is 0 Å². The van der Waals surface area contributed by atoms with Crippen LogP contribution in [-0.2, 0) is 4.79 Å². The molecule has 7 nitrogen and oxygen atoms in total. The van der Waals surface area contributed by atoms with Crippen LogP contribution in [0.5, 0.6) is 0 Å². The van der Waals surface area contributed by atoms with Gasteiger partial charge in [0.1, 0.15) is 0 Å². The van der Waals surface area contributed by atoms with Gasteiger partial charge in [-0.1, -0.05) is 12.1 Å². The van der Waals surface area contributed by atoms with E-state index in [0.29, 0.717) is 42.6 Å². The van der Waals surface area contributed by atoms with Crippen LogP contribution in [0.15, 0.2) is 35.5 Å². The Morgan fingerprint density at radius 2 is 2.04 bits per heavy atom. The number of carbonyl (C=O) groups excluding carboxylic acids is 2. The summed E-state index contributed by atoms with van der Waals surface area (Å²) in [5, 5.41) is 14.1. The lowest BCUT2D eigenvalue weighted by Crippen LogP contribution is -2.49. The number of carbonyl (C=O) groups is 2. The number of Topliss-reactive ketones (excluding diaryl/α,β-unsaturated/α-hetero) is 1. The van der Waals surface area contributed by atoms with Crippen molar-refractivity contribution >= 4 is 17.5 Å². The highest BCUT2D eigenvalue weighted by Gasteiger charge is 2.40. The molecule has 1 aromatic rings. The van der Waals surface area contributed by atoms with Crippen LogP contribution < -0.4 is 5.32 Å². The van der Waals surface area contributed by atoms with Crippen LogP contribution in [0, 0.1) is 10.1 Å². The molecule has 2 aliphatic rings. The quantitative estimate of drug-likeness (QED) is 0.685. The Kier molecular flexibility index (Phi) is 3.85. The normalized spacial score (nSPS) is 21.1. The van der Waals surface area contributed by atoms with E-state index in [0.717, 1.165) is 0 Å².